The number of carbonyl (C=O) groups is 1. The molecule has 0 radical (unpaired) electrons. The molecular formula is C29H44O4Si. The second-order valence-electron chi connectivity index (χ2n) is 10.1. The van der Waals surface area contributed by atoms with E-state index in [9.17, 15) is 4.79 Å². The maximum atomic E-state index is 12.5. The van der Waals surface area contributed by atoms with E-state index in [1.807, 2.05) is 24.3 Å². The van der Waals surface area contributed by atoms with E-state index in [1.54, 1.807) is 24.3 Å². The van der Waals surface area contributed by atoms with Crippen LogP contribution in [0.1, 0.15) is 82.0 Å². The predicted molar refractivity (Wildman–Crippen MR) is 144 cm³/mol. The lowest BCUT2D eigenvalue weighted by Crippen LogP contribution is -2.42. The smallest absolute Gasteiger partial charge is 0.343 e. The largest absolute Gasteiger partial charge is 0.494 e. The minimum absolute atomic E-state index is 0.282. The van der Waals surface area contributed by atoms with Crippen molar-refractivity contribution in [3.8, 4) is 17.2 Å². The molecule has 0 saturated heterocycles. The van der Waals surface area contributed by atoms with Gasteiger partial charge in [0.2, 0.25) is 0 Å². The topological polar surface area (TPSA) is 44.8 Å². The summed E-state index contributed by atoms with van der Waals surface area (Å²) in [4.78, 5) is 12.5. The fourth-order valence-electron chi connectivity index (χ4n) is 3.75. The molecular weight excluding hydrogens is 440 g/mol. The Balaban J connectivity index is 1.84. The van der Waals surface area contributed by atoms with Crippen LogP contribution in [0.3, 0.4) is 0 Å². The lowest BCUT2D eigenvalue weighted by Gasteiger charge is -2.29. The summed E-state index contributed by atoms with van der Waals surface area (Å²) in [5.74, 6) is 1.75. The van der Waals surface area contributed by atoms with Crippen molar-refractivity contribution in [1.29, 1.82) is 0 Å². The minimum Gasteiger partial charge on any atom is -0.494 e. The van der Waals surface area contributed by atoms with Crippen LogP contribution in [-0.4, -0.2) is 26.4 Å². The Morgan fingerprint density at radius 2 is 1.29 bits per heavy atom. The molecule has 0 heterocycles. The van der Waals surface area contributed by atoms with E-state index in [-0.39, 0.29) is 11.7 Å². The van der Waals surface area contributed by atoms with Crippen molar-refractivity contribution in [2.45, 2.75) is 97.0 Å². The molecule has 34 heavy (non-hydrogen) atoms. The summed E-state index contributed by atoms with van der Waals surface area (Å²) in [6.45, 7) is 12.2. The summed E-state index contributed by atoms with van der Waals surface area (Å²) in [5.41, 5.74) is 0.787. The molecule has 5 heteroatoms. The van der Waals surface area contributed by atoms with Gasteiger partial charge >= 0.3 is 5.97 Å². The number of ether oxygens (including phenoxy) is 3. The highest BCUT2D eigenvalue weighted by atomic mass is 28.3. The highest BCUT2D eigenvalue weighted by Crippen LogP contribution is 2.25. The summed E-state index contributed by atoms with van der Waals surface area (Å²) < 4.78 is 17.7. The van der Waals surface area contributed by atoms with E-state index in [4.69, 9.17) is 14.2 Å². The molecule has 1 atom stereocenters. The van der Waals surface area contributed by atoms with Gasteiger partial charge in [-0.25, -0.2) is 4.79 Å². The fraction of sp³-hybridized carbons (Fsp3) is 0.552. The van der Waals surface area contributed by atoms with Gasteiger partial charge in [0.25, 0.3) is 0 Å². The monoisotopic (exact) mass is 484 g/mol. The van der Waals surface area contributed by atoms with E-state index in [0.29, 0.717) is 17.9 Å². The molecule has 0 aliphatic heterocycles. The minimum atomic E-state index is -1.44. The van der Waals surface area contributed by atoms with Crippen molar-refractivity contribution < 1.29 is 19.0 Å². The maximum Gasteiger partial charge on any atom is 0.343 e. The Kier molecular flexibility index (Phi) is 12.2. The van der Waals surface area contributed by atoms with Crippen LogP contribution in [0.4, 0.5) is 0 Å². The molecule has 4 nitrogen and oxygen atoms in total. The van der Waals surface area contributed by atoms with Gasteiger partial charge in [-0.1, -0.05) is 78.4 Å². The van der Waals surface area contributed by atoms with Gasteiger partial charge in [0.1, 0.15) is 17.2 Å². The molecule has 188 valence electrons. The van der Waals surface area contributed by atoms with Crippen molar-refractivity contribution in [1.82, 2.24) is 0 Å². The second kappa shape index (κ2) is 14.9. The van der Waals surface area contributed by atoms with Gasteiger partial charge in [-0.05, 0) is 61.4 Å². The van der Waals surface area contributed by atoms with Gasteiger partial charge < -0.3 is 14.2 Å². The SMILES string of the molecule is CCCCCCCOc1ccc(C(=O)Oc2ccc(OC(CCCCC)[Si](C)(C)C)cc2)cc1. The molecule has 2 aromatic carbocycles. The summed E-state index contributed by atoms with van der Waals surface area (Å²) in [7, 11) is -1.44. The van der Waals surface area contributed by atoms with E-state index < -0.39 is 8.07 Å². The second-order valence-corrected chi connectivity index (χ2v) is 15.5. The van der Waals surface area contributed by atoms with Crippen LogP contribution in [0.2, 0.25) is 19.6 Å². The number of benzene rings is 2. The Bertz CT molecular complexity index is 825. The van der Waals surface area contributed by atoms with E-state index in [2.05, 4.69) is 33.5 Å². The van der Waals surface area contributed by atoms with E-state index in [0.717, 1.165) is 24.3 Å². The standard InChI is InChI=1S/C29H44O4Si/c1-6-8-10-11-13-23-31-25-17-15-24(16-18-25)29(30)33-27-21-19-26(20-22-27)32-28(34(3,4)5)14-12-9-7-2/h15-22,28H,6-14,23H2,1-5H3. The van der Waals surface area contributed by atoms with Crippen molar-refractivity contribution in [2.24, 2.45) is 0 Å². The number of esters is 1. The van der Waals surface area contributed by atoms with Crippen LogP contribution < -0.4 is 14.2 Å². The summed E-state index contributed by atoms with van der Waals surface area (Å²) in [6, 6.07) is 14.6. The van der Waals surface area contributed by atoms with Gasteiger partial charge in [0.05, 0.1) is 26.0 Å². The molecule has 0 spiro atoms. The molecule has 0 bridgehead atoms. The summed E-state index contributed by atoms with van der Waals surface area (Å²) in [5, 5.41) is 0. The first-order valence-electron chi connectivity index (χ1n) is 13.0. The van der Waals surface area contributed by atoms with E-state index >= 15 is 0 Å². The average molecular weight is 485 g/mol. The van der Waals surface area contributed by atoms with Crippen molar-refractivity contribution >= 4 is 14.0 Å². The number of rotatable bonds is 16. The third-order valence-electron chi connectivity index (χ3n) is 5.96. The molecule has 0 N–H and O–H groups in total. The first-order valence-corrected chi connectivity index (χ1v) is 16.6. The highest BCUT2D eigenvalue weighted by molar-refractivity contribution is 6.77. The summed E-state index contributed by atoms with van der Waals surface area (Å²) in [6.07, 6.45) is 10.8. The molecule has 1 unspecified atom stereocenters. The van der Waals surface area contributed by atoms with Gasteiger partial charge in [0.15, 0.2) is 0 Å². The van der Waals surface area contributed by atoms with Crippen LogP contribution in [0.25, 0.3) is 0 Å². The van der Waals surface area contributed by atoms with Gasteiger partial charge in [-0.2, -0.15) is 0 Å². The van der Waals surface area contributed by atoms with Crippen LogP contribution >= 0.6 is 0 Å². The molecule has 2 aromatic rings. The molecule has 2 rings (SSSR count). The lowest BCUT2D eigenvalue weighted by atomic mass is 10.2. The molecule has 0 aliphatic rings. The molecule has 0 amide bonds. The Morgan fingerprint density at radius 3 is 1.91 bits per heavy atom. The van der Waals surface area contributed by atoms with Crippen LogP contribution in [0.15, 0.2) is 48.5 Å². The molecule has 0 aromatic heterocycles. The number of unbranched alkanes of at least 4 members (excludes halogenated alkanes) is 6. The Morgan fingerprint density at radius 1 is 0.735 bits per heavy atom. The van der Waals surface area contributed by atoms with E-state index in [1.165, 1.54) is 44.9 Å². The van der Waals surface area contributed by atoms with Gasteiger partial charge in [0, 0.05) is 0 Å². The van der Waals surface area contributed by atoms with Crippen molar-refractivity contribution in [2.75, 3.05) is 6.61 Å². The zero-order valence-corrected chi connectivity index (χ0v) is 22.9. The fourth-order valence-corrected chi connectivity index (χ4v) is 5.31. The third kappa shape index (κ3) is 10.3. The normalized spacial score (nSPS) is 12.3. The Labute approximate surface area is 208 Å². The molecule has 0 aliphatic carbocycles. The lowest BCUT2D eigenvalue weighted by molar-refractivity contribution is 0.0734. The van der Waals surface area contributed by atoms with Gasteiger partial charge in [-0.3, -0.25) is 0 Å². The number of carbonyl (C=O) groups excluding carboxylic acids is 1. The summed E-state index contributed by atoms with van der Waals surface area (Å²) >= 11 is 0. The average Bonchev–Trinajstić information content (AvgIpc) is 2.81. The van der Waals surface area contributed by atoms with Crippen LogP contribution in [0.5, 0.6) is 17.2 Å². The van der Waals surface area contributed by atoms with Crippen molar-refractivity contribution in [3.63, 3.8) is 0 Å². The van der Waals surface area contributed by atoms with Crippen LogP contribution in [-0.2, 0) is 0 Å². The zero-order chi connectivity index (χ0) is 24.8. The van der Waals surface area contributed by atoms with Crippen molar-refractivity contribution in [3.05, 3.63) is 54.1 Å². The maximum absolute atomic E-state index is 12.5. The zero-order valence-electron chi connectivity index (χ0n) is 21.9. The highest BCUT2D eigenvalue weighted by Gasteiger charge is 2.28. The third-order valence-corrected chi connectivity index (χ3v) is 8.29. The Hall–Kier alpha value is -2.27. The number of hydrogen-bond donors (Lipinski definition) is 0. The molecule has 0 fully saturated rings. The first kappa shape index (κ1) is 28.0. The quantitative estimate of drug-likeness (QED) is 0.104. The van der Waals surface area contributed by atoms with Crippen LogP contribution in [0, 0.1) is 0 Å². The first-order chi connectivity index (χ1) is 16.3. The predicted octanol–water partition coefficient (Wildman–Crippen LogP) is 8.46. The van der Waals surface area contributed by atoms with Gasteiger partial charge in [-0.15, -0.1) is 0 Å². The number of hydrogen-bond acceptors (Lipinski definition) is 4. The molecule has 0 saturated carbocycles.